The Morgan fingerprint density at radius 3 is 1.28 bits per heavy atom. The molecule has 3 nitrogen and oxygen atoms in total. The molecule has 13 rings (SSSR count). The SMILES string of the molecule is c1ccc(-n2c3ccccc3c3c(-n4c5cc([Si](c6ccccc6)(c6ccccc6)c6ccccc6)ccc5c5cccc(-n6c7ccccc7c7ccccc76)c54)cccc32)cc1. The molecule has 0 saturated carbocycles. The minimum Gasteiger partial charge on any atom is -0.309 e. The lowest BCUT2D eigenvalue weighted by Gasteiger charge is -2.34. The van der Waals surface area contributed by atoms with Crippen LogP contribution in [0.1, 0.15) is 0 Å². The summed E-state index contributed by atoms with van der Waals surface area (Å²) in [7, 11) is -2.89. The van der Waals surface area contributed by atoms with Gasteiger partial charge in [-0.1, -0.05) is 194 Å². The van der Waals surface area contributed by atoms with Crippen molar-refractivity contribution in [1.29, 1.82) is 0 Å². The summed E-state index contributed by atoms with van der Waals surface area (Å²) in [5, 5.41) is 12.8. The van der Waals surface area contributed by atoms with Crippen LogP contribution in [0.2, 0.25) is 0 Å². The molecule has 3 heterocycles. The molecule has 0 aliphatic carbocycles. The summed E-state index contributed by atoms with van der Waals surface area (Å²) in [4.78, 5) is 0. The van der Waals surface area contributed by atoms with Gasteiger partial charge in [0.25, 0.3) is 0 Å². The van der Waals surface area contributed by atoms with Crippen molar-refractivity contribution in [2.45, 2.75) is 0 Å². The van der Waals surface area contributed by atoms with Crippen LogP contribution >= 0.6 is 0 Å². The van der Waals surface area contributed by atoms with Crippen LogP contribution in [0.5, 0.6) is 0 Å². The van der Waals surface area contributed by atoms with Crippen LogP contribution in [0.4, 0.5) is 0 Å². The topological polar surface area (TPSA) is 14.8 Å². The first kappa shape index (κ1) is 36.5. The zero-order valence-corrected chi connectivity index (χ0v) is 36.0. The first-order chi connectivity index (χ1) is 31.8. The van der Waals surface area contributed by atoms with Gasteiger partial charge in [0, 0.05) is 38.0 Å². The van der Waals surface area contributed by atoms with Crippen LogP contribution in [0.3, 0.4) is 0 Å². The predicted octanol–water partition coefficient (Wildman–Crippen LogP) is 12.4. The number of hydrogen-bond donors (Lipinski definition) is 0. The van der Waals surface area contributed by atoms with E-state index in [9.17, 15) is 0 Å². The second-order valence-corrected chi connectivity index (χ2v) is 20.6. The van der Waals surface area contributed by atoms with Crippen molar-refractivity contribution in [3.8, 4) is 17.1 Å². The number of aromatic nitrogens is 3. The van der Waals surface area contributed by atoms with Gasteiger partial charge in [-0.05, 0) is 75.3 Å². The zero-order valence-electron chi connectivity index (χ0n) is 35.0. The average Bonchev–Trinajstić information content (AvgIpc) is 4.01. The molecule has 0 aliphatic rings. The summed E-state index contributed by atoms with van der Waals surface area (Å²) in [6.45, 7) is 0. The quantitative estimate of drug-likeness (QED) is 0.112. The van der Waals surface area contributed by atoms with E-state index in [1.54, 1.807) is 0 Å². The van der Waals surface area contributed by atoms with Crippen molar-refractivity contribution in [2.24, 2.45) is 0 Å². The van der Waals surface area contributed by atoms with Gasteiger partial charge < -0.3 is 13.7 Å². The summed E-state index contributed by atoms with van der Waals surface area (Å²) in [5.41, 5.74) is 10.5. The fourth-order valence-electron chi connectivity index (χ4n) is 11.0. The number of benzene rings is 10. The molecule has 4 heteroatoms. The van der Waals surface area contributed by atoms with Gasteiger partial charge in [-0.15, -0.1) is 0 Å². The van der Waals surface area contributed by atoms with Gasteiger partial charge in [-0.2, -0.15) is 0 Å². The van der Waals surface area contributed by atoms with Crippen LogP contribution < -0.4 is 20.7 Å². The van der Waals surface area contributed by atoms with Crippen molar-refractivity contribution in [3.63, 3.8) is 0 Å². The fourth-order valence-corrected chi connectivity index (χ4v) is 15.8. The lowest BCUT2D eigenvalue weighted by Crippen LogP contribution is -2.74. The standard InChI is InChI=1S/C60H41N3Si/c1-5-21-42(22-6-1)61-54-35-18-15-31-51(54)59-55(61)36-20-37-56(59)63-58-41-46(64(43-23-7-2-8-24-43,44-25-9-3-10-26-44)45-27-11-4-12-28-45)39-40-49(58)50-32-19-38-57(60(50)63)62-52-33-16-13-29-47(52)48-30-14-17-34-53(48)62/h1-41H. The lowest BCUT2D eigenvalue weighted by atomic mass is 10.1. The highest BCUT2D eigenvalue weighted by molar-refractivity contribution is 7.20. The molecule has 0 aliphatic heterocycles. The Morgan fingerprint density at radius 2 is 0.688 bits per heavy atom. The second-order valence-electron chi connectivity index (χ2n) is 16.8. The van der Waals surface area contributed by atoms with E-state index in [1.165, 1.54) is 86.2 Å². The molecule has 0 N–H and O–H groups in total. The van der Waals surface area contributed by atoms with Crippen molar-refractivity contribution in [2.75, 3.05) is 0 Å². The van der Waals surface area contributed by atoms with E-state index < -0.39 is 8.07 Å². The van der Waals surface area contributed by atoms with E-state index in [0.29, 0.717) is 0 Å². The highest BCUT2D eigenvalue weighted by Gasteiger charge is 2.41. The van der Waals surface area contributed by atoms with Gasteiger partial charge in [0.2, 0.25) is 0 Å². The van der Waals surface area contributed by atoms with Crippen LogP contribution in [0, 0.1) is 0 Å². The maximum absolute atomic E-state index is 2.89. The third kappa shape index (κ3) is 5.21. The summed E-state index contributed by atoms with van der Waals surface area (Å²) in [6, 6.07) is 92.4. The Kier molecular flexibility index (Phi) is 8.23. The first-order valence-corrected chi connectivity index (χ1v) is 24.1. The van der Waals surface area contributed by atoms with Crippen molar-refractivity contribution < 1.29 is 0 Å². The van der Waals surface area contributed by atoms with E-state index in [4.69, 9.17) is 0 Å². The third-order valence-electron chi connectivity index (χ3n) is 13.6. The van der Waals surface area contributed by atoms with Gasteiger partial charge in [-0.25, -0.2) is 0 Å². The molecular weight excluding hydrogens is 791 g/mol. The summed E-state index contributed by atoms with van der Waals surface area (Å²) in [6.07, 6.45) is 0. The Bertz CT molecular complexity index is 3730. The van der Waals surface area contributed by atoms with Crippen LogP contribution in [-0.4, -0.2) is 21.8 Å². The molecule has 0 bridgehead atoms. The molecule has 0 atom stereocenters. The Hall–Kier alpha value is -8.18. The second kappa shape index (κ2) is 14.5. The van der Waals surface area contributed by atoms with Crippen LogP contribution in [-0.2, 0) is 0 Å². The first-order valence-electron chi connectivity index (χ1n) is 22.1. The van der Waals surface area contributed by atoms with Crippen molar-refractivity contribution in [1.82, 2.24) is 13.7 Å². The van der Waals surface area contributed by atoms with Crippen LogP contribution in [0.15, 0.2) is 249 Å². The Morgan fingerprint density at radius 1 is 0.250 bits per heavy atom. The van der Waals surface area contributed by atoms with E-state index >= 15 is 0 Å². The maximum Gasteiger partial charge on any atom is 0.179 e. The highest BCUT2D eigenvalue weighted by atomic mass is 28.3. The molecular formula is C60H41N3Si. The number of rotatable bonds is 7. The molecule has 0 spiro atoms. The maximum atomic E-state index is 2.61. The van der Waals surface area contributed by atoms with Crippen molar-refractivity contribution >= 4 is 94.2 Å². The Balaban J connectivity index is 1.23. The molecule has 10 aromatic carbocycles. The summed E-state index contributed by atoms with van der Waals surface area (Å²) >= 11 is 0. The largest absolute Gasteiger partial charge is 0.309 e. The number of fused-ring (bicyclic) bond motifs is 9. The molecule has 300 valence electrons. The normalized spacial score (nSPS) is 12.1. The minimum absolute atomic E-state index is 1.14. The predicted molar refractivity (Wildman–Crippen MR) is 273 cm³/mol. The average molecular weight is 832 g/mol. The molecule has 13 aromatic rings. The third-order valence-corrected chi connectivity index (χ3v) is 18.3. The van der Waals surface area contributed by atoms with E-state index in [1.807, 2.05) is 0 Å². The summed E-state index contributed by atoms with van der Waals surface area (Å²) in [5.74, 6) is 0. The van der Waals surface area contributed by atoms with Gasteiger partial charge >= 0.3 is 0 Å². The fraction of sp³-hybridized carbons (Fsp3) is 0. The van der Waals surface area contributed by atoms with Crippen LogP contribution in [0.25, 0.3) is 82.5 Å². The molecule has 0 amide bonds. The van der Waals surface area contributed by atoms with Gasteiger partial charge in [0.1, 0.15) is 0 Å². The van der Waals surface area contributed by atoms with Gasteiger partial charge in [-0.3, -0.25) is 0 Å². The molecule has 0 unspecified atom stereocenters. The molecule has 0 saturated heterocycles. The highest BCUT2D eigenvalue weighted by Crippen LogP contribution is 2.43. The molecule has 64 heavy (non-hydrogen) atoms. The number of para-hydroxylation sites is 5. The monoisotopic (exact) mass is 831 g/mol. The molecule has 0 radical (unpaired) electrons. The van der Waals surface area contributed by atoms with E-state index in [2.05, 4.69) is 262 Å². The number of hydrogen-bond acceptors (Lipinski definition) is 0. The number of nitrogens with zero attached hydrogens (tertiary/aromatic N) is 3. The van der Waals surface area contributed by atoms with Crippen molar-refractivity contribution in [3.05, 3.63) is 249 Å². The Labute approximate surface area is 372 Å². The zero-order chi connectivity index (χ0) is 42.2. The molecule has 0 fully saturated rings. The van der Waals surface area contributed by atoms with Gasteiger partial charge in [0.15, 0.2) is 8.07 Å². The van der Waals surface area contributed by atoms with E-state index in [-0.39, 0.29) is 0 Å². The van der Waals surface area contributed by atoms with E-state index in [0.717, 1.165) is 17.1 Å². The van der Waals surface area contributed by atoms with Gasteiger partial charge in [0.05, 0.1) is 44.5 Å². The lowest BCUT2D eigenvalue weighted by molar-refractivity contribution is 1.14. The smallest absolute Gasteiger partial charge is 0.179 e. The minimum atomic E-state index is -2.89. The summed E-state index contributed by atoms with van der Waals surface area (Å²) < 4.78 is 7.53. The molecule has 3 aromatic heterocycles.